The normalized spacial score (nSPS) is 15.5. The summed E-state index contributed by atoms with van der Waals surface area (Å²) in [5.41, 5.74) is 7.38. The summed E-state index contributed by atoms with van der Waals surface area (Å²) in [6, 6.07) is 7.51. The van der Waals surface area contributed by atoms with E-state index in [0.29, 0.717) is 35.4 Å². The molecule has 4 rings (SSSR count). The Morgan fingerprint density at radius 2 is 2.00 bits per heavy atom. The van der Waals surface area contributed by atoms with Gasteiger partial charge in [-0.1, -0.05) is 23.7 Å². The molecule has 3 aromatic rings. The SMILES string of the molecule is Cc1nc(N)nc(N[C@@H](C)c2cc3cccc(Cl)c3nc2N2CCN(C)C(=O)C2)n1. The first-order valence-corrected chi connectivity index (χ1v) is 10.0. The number of pyridine rings is 1. The maximum atomic E-state index is 12.3. The van der Waals surface area contributed by atoms with Crippen molar-refractivity contribution in [3.8, 4) is 0 Å². The third-order valence-electron chi connectivity index (χ3n) is 5.14. The van der Waals surface area contributed by atoms with Crippen LogP contribution >= 0.6 is 11.6 Å². The summed E-state index contributed by atoms with van der Waals surface area (Å²) in [6.07, 6.45) is 0. The second-order valence-corrected chi connectivity index (χ2v) is 7.79. The molecule has 1 aliphatic rings. The number of nitrogen functional groups attached to an aromatic ring is 1. The fraction of sp³-hybridized carbons (Fsp3) is 0.350. The summed E-state index contributed by atoms with van der Waals surface area (Å²) in [5.74, 6) is 1.85. The van der Waals surface area contributed by atoms with E-state index in [0.717, 1.165) is 16.8 Å². The number of aryl methyl sites for hydroxylation is 1. The Hall–Kier alpha value is -3.20. The van der Waals surface area contributed by atoms with E-state index in [1.807, 2.05) is 43.1 Å². The van der Waals surface area contributed by atoms with E-state index in [9.17, 15) is 4.79 Å². The van der Waals surface area contributed by atoms with Gasteiger partial charge in [-0.25, -0.2) is 4.98 Å². The molecule has 10 heteroatoms. The van der Waals surface area contributed by atoms with E-state index in [1.54, 1.807) is 11.8 Å². The number of para-hydroxylation sites is 1. The van der Waals surface area contributed by atoms with E-state index in [2.05, 4.69) is 20.3 Å². The summed E-state index contributed by atoms with van der Waals surface area (Å²) in [5, 5.41) is 4.77. The Kier molecular flexibility index (Phi) is 5.29. The predicted octanol–water partition coefficient (Wildman–Crippen LogP) is 2.42. The number of piperazine rings is 1. The minimum Gasteiger partial charge on any atom is -0.368 e. The highest BCUT2D eigenvalue weighted by atomic mass is 35.5. The molecule has 0 aliphatic carbocycles. The molecule has 2 aromatic heterocycles. The summed E-state index contributed by atoms with van der Waals surface area (Å²) in [6.45, 7) is 5.32. The van der Waals surface area contributed by atoms with Crippen molar-refractivity contribution < 1.29 is 4.79 Å². The Labute approximate surface area is 179 Å². The lowest BCUT2D eigenvalue weighted by molar-refractivity contribution is -0.129. The number of fused-ring (bicyclic) bond motifs is 1. The Balaban J connectivity index is 1.77. The summed E-state index contributed by atoms with van der Waals surface area (Å²) < 4.78 is 0. The molecule has 0 saturated carbocycles. The van der Waals surface area contributed by atoms with Crippen molar-refractivity contribution in [2.75, 3.05) is 42.6 Å². The minimum absolute atomic E-state index is 0.0507. The van der Waals surface area contributed by atoms with Gasteiger partial charge in [0.1, 0.15) is 11.6 Å². The number of benzene rings is 1. The van der Waals surface area contributed by atoms with E-state index in [-0.39, 0.29) is 24.4 Å². The topological polar surface area (TPSA) is 113 Å². The molecule has 0 bridgehead atoms. The first kappa shape index (κ1) is 20.1. The molecule has 0 unspecified atom stereocenters. The van der Waals surface area contributed by atoms with Gasteiger partial charge in [-0.05, 0) is 26.0 Å². The zero-order chi connectivity index (χ0) is 21.4. The predicted molar refractivity (Wildman–Crippen MR) is 118 cm³/mol. The van der Waals surface area contributed by atoms with Crippen LogP contribution in [-0.4, -0.2) is 57.4 Å². The first-order chi connectivity index (χ1) is 14.3. The van der Waals surface area contributed by atoms with Gasteiger partial charge in [-0.2, -0.15) is 15.0 Å². The van der Waals surface area contributed by atoms with Gasteiger partial charge in [-0.15, -0.1) is 0 Å². The van der Waals surface area contributed by atoms with Crippen LogP contribution in [-0.2, 0) is 4.79 Å². The number of hydrogen-bond donors (Lipinski definition) is 2. The smallest absolute Gasteiger partial charge is 0.241 e. The fourth-order valence-corrected chi connectivity index (χ4v) is 3.74. The van der Waals surface area contributed by atoms with E-state index in [1.165, 1.54) is 0 Å². The molecule has 3 N–H and O–H groups in total. The van der Waals surface area contributed by atoms with Gasteiger partial charge in [0.2, 0.25) is 17.8 Å². The number of nitrogens with zero attached hydrogens (tertiary/aromatic N) is 6. The van der Waals surface area contributed by atoms with Crippen LogP contribution < -0.4 is 16.0 Å². The zero-order valence-corrected chi connectivity index (χ0v) is 17.8. The second-order valence-electron chi connectivity index (χ2n) is 7.38. The lowest BCUT2D eigenvalue weighted by Crippen LogP contribution is -2.49. The van der Waals surface area contributed by atoms with Gasteiger partial charge >= 0.3 is 0 Å². The van der Waals surface area contributed by atoms with Crippen molar-refractivity contribution in [3.05, 3.63) is 40.7 Å². The molecule has 1 fully saturated rings. The maximum Gasteiger partial charge on any atom is 0.241 e. The van der Waals surface area contributed by atoms with Crippen molar-refractivity contribution >= 4 is 46.1 Å². The largest absolute Gasteiger partial charge is 0.368 e. The number of hydrogen-bond acceptors (Lipinski definition) is 8. The standard InChI is InChI=1S/C20H23ClN8O/c1-11(23-20-25-12(2)24-19(22)27-20)14-9-13-5-4-6-15(21)17(13)26-18(14)29-8-7-28(3)16(30)10-29/h4-6,9,11H,7-8,10H2,1-3H3,(H3,22,23,24,25,27)/t11-/m0/s1. The summed E-state index contributed by atoms with van der Waals surface area (Å²) >= 11 is 6.40. The average molecular weight is 427 g/mol. The van der Waals surface area contributed by atoms with E-state index >= 15 is 0 Å². The highest BCUT2D eigenvalue weighted by Crippen LogP contribution is 2.33. The molecule has 156 valence electrons. The fourth-order valence-electron chi connectivity index (χ4n) is 3.52. The zero-order valence-electron chi connectivity index (χ0n) is 17.1. The Morgan fingerprint density at radius 1 is 1.20 bits per heavy atom. The molecule has 1 saturated heterocycles. The van der Waals surface area contributed by atoms with E-state index < -0.39 is 0 Å². The highest BCUT2D eigenvalue weighted by Gasteiger charge is 2.26. The molecule has 30 heavy (non-hydrogen) atoms. The third kappa shape index (κ3) is 3.93. The number of halogens is 1. The number of anilines is 3. The monoisotopic (exact) mass is 426 g/mol. The number of carbonyl (C=O) groups is 1. The number of aromatic nitrogens is 4. The van der Waals surface area contributed by atoms with Crippen molar-refractivity contribution in [1.82, 2.24) is 24.8 Å². The van der Waals surface area contributed by atoms with Gasteiger partial charge in [-0.3, -0.25) is 4.79 Å². The molecular weight excluding hydrogens is 404 g/mol. The van der Waals surface area contributed by atoms with Crippen LogP contribution in [0.5, 0.6) is 0 Å². The van der Waals surface area contributed by atoms with Crippen molar-refractivity contribution in [1.29, 1.82) is 0 Å². The molecule has 0 spiro atoms. The van der Waals surface area contributed by atoms with Crippen LogP contribution in [0.3, 0.4) is 0 Å². The lowest BCUT2D eigenvalue weighted by Gasteiger charge is -2.34. The number of carbonyl (C=O) groups excluding carboxylic acids is 1. The Morgan fingerprint density at radius 3 is 2.73 bits per heavy atom. The summed E-state index contributed by atoms with van der Waals surface area (Å²) in [7, 11) is 1.81. The molecular formula is C20H23ClN8O. The van der Waals surface area contributed by atoms with Crippen LogP contribution in [0, 0.1) is 6.92 Å². The summed E-state index contributed by atoms with van der Waals surface area (Å²) in [4.78, 5) is 33.4. The quantitative estimate of drug-likeness (QED) is 0.653. The van der Waals surface area contributed by atoms with Crippen LogP contribution in [0.2, 0.25) is 5.02 Å². The molecule has 0 radical (unpaired) electrons. The van der Waals surface area contributed by atoms with Crippen LogP contribution in [0.15, 0.2) is 24.3 Å². The molecule has 3 heterocycles. The van der Waals surface area contributed by atoms with Gasteiger partial charge in [0.15, 0.2) is 0 Å². The van der Waals surface area contributed by atoms with Crippen LogP contribution in [0.4, 0.5) is 17.7 Å². The number of nitrogens with one attached hydrogen (secondary N) is 1. The third-order valence-corrected chi connectivity index (χ3v) is 5.44. The number of nitrogens with two attached hydrogens (primary N) is 1. The first-order valence-electron chi connectivity index (χ1n) is 9.64. The molecule has 1 aromatic carbocycles. The van der Waals surface area contributed by atoms with Gasteiger partial charge in [0.05, 0.1) is 23.1 Å². The van der Waals surface area contributed by atoms with Crippen molar-refractivity contribution in [2.24, 2.45) is 0 Å². The maximum absolute atomic E-state index is 12.3. The Bertz CT molecular complexity index is 1100. The molecule has 1 amide bonds. The van der Waals surface area contributed by atoms with Crippen LogP contribution in [0.25, 0.3) is 10.9 Å². The van der Waals surface area contributed by atoms with Crippen molar-refractivity contribution in [3.63, 3.8) is 0 Å². The van der Waals surface area contributed by atoms with Crippen LogP contribution in [0.1, 0.15) is 24.4 Å². The molecule has 9 nitrogen and oxygen atoms in total. The van der Waals surface area contributed by atoms with E-state index in [4.69, 9.17) is 22.3 Å². The average Bonchev–Trinajstić information content (AvgIpc) is 2.69. The second kappa shape index (κ2) is 7.91. The lowest BCUT2D eigenvalue weighted by atomic mass is 10.0. The molecule has 1 atom stereocenters. The van der Waals surface area contributed by atoms with Gasteiger partial charge < -0.3 is 20.9 Å². The van der Waals surface area contributed by atoms with Crippen molar-refractivity contribution in [2.45, 2.75) is 19.9 Å². The van der Waals surface area contributed by atoms with Gasteiger partial charge in [0, 0.05) is 31.1 Å². The number of amides is 1. The minimum atomic E-state index is -0.202. The number of likely N-dealkylation sites (N-methyl/N-ethyl adjacent to an activating group) is 1. The number of rotatable bonds is 4. The van der Waals surface area contributed by atoms with Gasteiger partial charge in [0.25, 0.3) is 0 Å². The highest BCUT2D eigenvalue weighted by molar-refractivity contribution is 6.35. The molecule has 1 aliphatic heterocycles.